The number of thioether (sulfide) groups is 1. The predicted octanol–water partition coefficient (Wildman–Crippen LogP) is 0.497. The van der Waals surface area contributed by atoms with Crippen LogP contribution in [-0.2, 0) is 27.2 Å². The van der Waals surface area contributed by atoms with Gasteiger partial charge in [-0.2, -0.15) is 0 Å². The molecule has 36 heavy (non-hydrogen) atoms. The highest BCUT2D eigenvalue weighted by Crippen LogP contribution is 2.25. The molecule has 0 bridgehead atoms. The second kappa shape index (κ2) is 11.8. The molecule has 2 aliphatic heterocycles. The maximum absolute atomic E-state index is 13.4. The molecule has 7 N–H and O–H groups in total. The fourth-order valence-corrected chi connectivity index (χ4v) is 6.08. The first-order valence-corrected chi connectivity index (χ1v) is 13.2. The summed E-state index contributed by atoms with van der Waals surface area (Å²) in [5.41, 5.74) is 13.6. The van der Waals surface area contributed by atoms with Gasteiger partial charge in [-0.1, -0.05) is 42.5 Å². The lowest BCUT2D eigenvalue weighted by molar-refractivity contribution is -0.139. The summed E-state index contributed by atoms with van der Waals surface area (Å²) in [7, 11) is 0. The molecule has 2 heterocycles. The lowest BCUT2D eigenvalue weighted by Crippen LogP contribution is -2.56. The molecule has 192 valence electrons. The number of hydrogen-bond acceptors (Lipinski definition) is 7. The van der Waals surface area contributed by atoms with E-state index in [4.69, 9.17) is 11.5 Å². The second-order valence-electron chi connectivity index (χ2n) is 9.35. The zero-order valence-electron chi connectivity index (χ0n) is 20.0. The Balaban J connectivity index is 1.43. The van der Waals surface area contributed by atoms with Crippen LogP contribution >= 0.6 is 11.8 Å². The van der Waals surface area contributed by atoms with Crippen LogP contribution in [0.25, 0.3) is 0 Å². The molecule has 2 saturated heterocycles. The van der Waals surface area contributed by atoms with Gasteiger partial charge in [0.25, 0.3) is 0 Å². The molecule has 0 aromatic heterocycles. The first-order valence-electron chi connectivity index (χ1n) is 12.2. The van der Waals surface area contributed by atoms with Crippen LogP contribution in [0.5, 0.6) is 5.75 Å². The fourth-order valence-electron chi connectivity index (χ4n) is 4.76. The Bertz CT molecular complexity index is 1070. The zero-order chi connectivity index (χ0) is 25.7. The number of nitrogens with zero attached hydrogens (tertiary/aromatic N) is 1. The smallest absolute Gasteiger partial charge is 0.243 e. The third kappa shape index (κ3) is 6.37. The largest absolute Gasteiger partial charge is 0.508 e. The summed E-state index contributed by atoms with van der Waals surface area (Å²) >= 11 is 1.56. The van der Waals surface area contributed by atoms with Crippen LogP contribution in [0.3, 0.4) is 0 Å². The van der Waals surface area contributed by atoms with E-state index in [1.807, 2.05) is 30.3 Å². The van der Waals surface area contributed by atoms with Crippen molar-refractivity contribution in [3.8, 4) is 5.75 Å². The molecule has 2 fully saturated rings. The van der Waals surface area contributed by atoms with Crippen molar-refractivity contribution in [3.63, 3.8) is 0 Å². The summed E-state index contributed by atoms with van der Waals surface area (Å²) in [5.74, 6) is -0.200. The maximum atomic E-state index is 13.4. The second-order valence-corrected chi connectivity index (χ2v) is 10.5. The van der Waals surface area contributed by atoms with Crippen molar-refractivity contribution in [2.24, 2.45) is 11.5 Å². The Morgan fingerprint density at radius 3 is 2.44 bits per heavy atom. The minimum atomic E-state index is -0.786. The summed E-state index contributed by atoms with van der Waals surface area (Å²) in [6, 6.07) is 14.3. The minimum Gasteiger partial charge on any atom is -0.508 e. The zero-order valence-corrected chi connectivity index (χ0v) is 20.8. The monoisotopic (exact) mass is 511 g/mol. The Kier molecular flexibility index (Phi) is 8.50. The first-order chi connectivity index (χ1) is 17.3. The highest BCUT2D eigenvalue weighted by atomic mass is 32.2. The van der Waals surface area contributed by atoms with Crippen molar-refractivity contribution < 1.29 is 19.5 Å². The molecular formula is C26H33N5O4S. The molecule has 9 nitrogen and oxygen atoms in total. The number of primary amides is 1. The molecule has 1 unspecified atom stereocenters. The highest BCUT2D eigenvalue weighted by molar-refractivity contribution is 8.00. The average Bonchev–Trinajstić information content (AvgIpc) is 3.56. The van der Waals surface area contributed by atoms with Crippen LogP contribution in [0.2, 0.25) is 0 Å². The lowest BCUT2D eigenvalue weighted by atomic mass is 10.0. The van der Waals surface area contributed by atoms with E-state index in [-0.39, 0.29) is 29.0 Å². The highest BCUT2D eigenvalue weighted by Gasteiger charge is 2.39. The van der Waals surface area contributed by atoms with Crippen LogP contribution in [0.1, 0.15) is 24.0 Å². The number of likely N-dealkylation sites (tertiary alicyclic amines) is 1. The SMILES string of the molecule is NC(=O)[C@@H]1CSC([C@@H](Cc2ccccc2)NC(=O)[C@@H]2CCCN2C(=O)[C@@H](N)Cc2ccc(O)cc2)N1. The lowest BCUT2D eigenvalue weighted by Gasteiger charge is -2.30. The van der Waals surface area contributed by atoms with Crippen molar-refractivity contribution in [2.45, 2.75) is 55.2 Å². The Labute approximate surface area is 215 Å². The van der Waals surface area contributed by atoms with Gasteiger partial charge in [-0.05, 0) is 48.9 Å². The Hall–Kier alpha value is -3.08. The molecule has 2 aromatic carbocycles. The summed E-state index contributed by atoms with van der Waals surface area (Å²) in [6.45, 7) is 0.476. The molecule has 0 saturated carbocycles. The number of hydrogen-bond donors (Lipinski definition) is 5. The van der Waals surface area contributed by atoms with Crippen molar-refractivity contribution in [1.82, 2.24) is 15.5 Å². The van der Waals surface area contributed by atoms with Crippen LogP contribution in [0.15, 0.2) is 54.6 Å². The van der Waals surface area contributed by atoms with Crippen LogP contribution < -0.4 is 22.1 Å². The standard InChI is InChI=1S/C26H33N5O4S/c27-19(13-17-8-10-18(32)11-9-17)26(35)31-12-4-7-22(31)24(34)29-20(14-16-5-2-1-3-6-16)25-30-21(15-36-25)23(28)33/h1-3,5-6,8-11,19-22,25,30,32H,4,7,12-15,27H2,(H2,28,33)(H,29,34)/t19-,20+,21-,22-,25?/m0/s1. The van der Waals surface area contributed by atoms with E-state index in [2.05, 4.69) is 10.6 Å². The van der Waals surface area contributed by atoms with Crippen molar-refractivity contribution in [3.05, 3.63) is 65.7 Å². The van der Waals surface area contributed by atoms with Gasteiger partial charge in [-0.15, -0.1) is 11.8 Å². The molecule has 0 aliphatic carbocycles. The summed E-state index contributed by atoms with van der Waals surface area (Å²) < 4.78 is 0. The molecule has 0 spiro atoms. The van der Waals surface area contributed by atoms with Gasteiger partial charge < -0.3 is 26.8 Å². The van der Waals surface area contributed by atoms with Crippen LogP contribution in [0.4, 0.5) is 0 Å². The number of carbonyl (C=O) groups is 3. The number of phenolic OH excluding ortho intramolecular Hbond substituents is 1. The topological polar surface area (TPSA) is 151 Å². The molecule has 4 rings (SSSR count). The summed E-state index contributed by atoms with van der Waals surface area (Å²) in [6.07, 6.45) is 2.18. The Morgan fingerprint density at radius 2 is 1.78 bits per heavy atom. The number of phenols is 1. The molecular weight excluding hydrogens is 478 g/mol. The van der Waals surface area contributed by atoms with E-state index in [1.54, 1.807) is 40.9 Å². The third-order valence-corrected chi connectivity index (χ3v) is 8.04. The van der Waals surface area contributed by atoms with Crippen LogP contribution in [0, 0.1) is 0 Å². The van der Waals surface area contributed by atoms with E-state index in [0.29, 0.717) is 31.6 Å². The molecule has 5 atom stereocenters. The van der Waals surface area contributed by atoms with Gasteiger partial charge in [0.2, 0.25) is 17.7 Å². The number of nitrogens with two attached hydrogens (primary N) is 2. The third-order valence-electron chi connectivity index (χ3n) is 6.69. The van der Waals surface area contributed by atoms with Crippen LogP contribution in [-0.4, -0.2) is 69.6 Å². The predicted molar refractivity (Wildman–Crippen MR) is 139 cm³/mol. The van der Waals surface area contributed by atoms with Crippen molar-refractivity contribution >= 4 is 29.5 Å². The quantitative estimate of drug-likeness (QED) is 0.329. The minimum absolute atomic E-state index is 0.150. The van der Waals surface area contributed by atoms with E-state index in [9.17, 15) is 19.5 Å². The van der Waals surface area contributed by atoms with Gasteiger partial charge >= 0.3 is 0 Å². The summed E-state index contributed by atoms with van der Waals surface area (Å²) in [5, 5.41) is 15.7. The van der Waals surface area contributed by atoms with Gasteiger partial charge in [0, 0.05) is 12.3 Å². The van der Waals surface area contributed by atoms with Gasteiger partial charge in [0.1, 0.15) is 11.8 Å². The molecule has 2 aliphatic rings. The van der Waals surface area contributed by atoms with Gasteiger partial charge in [0.15, 0.2) is 0 Å². The van der Waals surface area contributed by atoms with E-state index < -0.39 is 24.0 Å². The van der Waals surface area contributed by atoms with Crippen molar-refractivity contribution in [2.75, 3.05) is 12.3 Å². The number of nitrogens with one attached hydrogen (secondary N) is 2. The number of carbonyl (C=O) groups excluding carboxylic acids is 3. The van der Waals surface area contributed by atoms with Gasteiger partial charge in [0.05, 0.1) is 23.5 Å². The number of aromatic hydroxyl groups is 1. The van der Waals surface area contributed by atoms with Crippen molar-refractivity contribution in [1.29, 1.82) is 0 Å². The molecule has 0 radical (unpaired) electrons. The normalized spacial score (nSPS) is 23.2. The van der Waals surface area contributed by atoms with E-state index in [0.717, 1.165) is 17.5 Å². The van der Waals surface area contributed by atoms with Gasteiger partial charge in [-0.25, -0.2) is 0 Å². The molecule has 3 amide bonds. The molecule has 2 aromatic rings. The fraction of sp³-hybridized carbons (Fsp3) is 0.423. The van der Waals surface area contributed by atoms with E-state index >= 15 is 0 Å². The maximum Gasteiger partial charge on any atom is 0.243 e. The molecule has 10 heteroatoms. The number of benzene rings is 2. The van der Waals surface area contributed by atoms with Gasteiger partial charge in [-0.3, -0.25) is 19.7 Å². The van der Waals surface area contributed by atoms with E-state index in [1.165, 1.54) is 0 Å². The number of rotatable bonds is 9. The average molecular weight is 512 g/mol. The number of amides is 3. The Morgan fingerprint density at radius 1 is 1.08 bits per heavy atom. The first kappa shape index (κ1) is 26.0. The summed E-state index contributed by atoms with van der Waals surface area (Å²) in [4.78, 5) is 39.9.